The lowest BCUT2D eigenvalue weighted by Crippen LogP contribution is -2.11. The largest absolute Gasteiger partial charge is 0.493 e. The molecule has 5 heteroatoms. The van der Waals surface area contributed by atoms with Crippen molar-refractivity contribution < 1.29 is 22.6 Å². The van der Waals surface area contributed by atoms with Gasteiger partial charge in [-0.05, 0) is 17.7 Å². The molecule has 0 aliphatic carbocycles. The van der Waals surface area contributed by atoms with E-state index >= 15 is 0 Å². The first-order chi connectivity index (χ1) is 6.96. The highest BCUT2D eigenvalue weighted by Crippen LogP contribution is 2.30. The minimum absolute atomic E-state index is 0.153. The first-order valence-electron chi connectivity index (χ1n) is 4.24. The SMILES string of the molecule is COc1ccc(CC(F)(F)F)cc1OC. The Morgan fingerprint density at radius 1 is 1.07 bits per heavy atom. The summed E-state index contributed by atoms with van der Waals surface area (Å²) in [5.74, 6) is 0.725. The van der Waals surface area contributed by atoms with Crippen molar-refractivity contribution in [2.75, 3.05) is 14.2 Å². The molecule has 0 spiro atoms. The minimum Gasteiger partial charge on any atom is -0.493 e. The summed E-state index contributed by atoms with van der Waals surface area (Å²) in [6.45, 7) is 0. The van der Waals surface area contributed by atoms with Crippen molar-refractivity contribution in [3.8, 4) is 11.5 Å². The molecule has 0 fully saturated rings. The fourth-order valence-electron chi connectivity index (χ4n) is 1.22. The second-order valence-electron chi connectivity index (χ2n) is 2.98. The quantitative estimate of drug-likeness (QED) is 0.779. The maximum absolute atomic E-state index is 12.1. The van der Waals surface area contributed by atoms with E-state index in [-0.39, 0.29) is 5.56 Å². The van der Waals surface area contributed by atoms with Crippen LogP contribution >= 0.6 is 0 Å². The van der Waals surface area contributed by atoms with Crippen LogP contribution in [0.5, 0.6) is 11.5 Å². The third-order valence-electron chi connectivity index (χ3n) is 1.85. The van der Waals surface area contributed by atoms with Crippen LogP contribution in [-0.2, 0) is 6.42 Å². The summed E-state index contributed by atoms with van der Waals surface area (Å²) >= 11 is 0. The van der Waals surface area contributed by atoms with Crippen molar-refractivity contribution in [3.05, 3.63) is 23.8 Å². The van der Waals surface area contributed by atoms with Crippen LogP contribution in [0, 0.1) is 0 Å². The van der Waals surface area contributed by atoms with Crippen molar-refractivity contribution in [1.82, 2.24) is 0 Å². The maximum atomic E-state index is 12.1. The molecule has 0 bridgehead atoms. The summed E-state index contributed by atoms with van der Waals surface area (Å²) in [6, 6.07) is 4.15. The molecule has 0 amide bonds. The number of benzene rings is 1. The van der Waals surface area contributed by atoms with Crippen molar-refractivity contribution >= 4 is 0 Å². The monoisotopic (exact) mass is 220 g/mol. The number of alkyl halides is 3. The van der Waals surface area contributed by atoms with Gasteiger partial charge >= 0.3 is 6.18 Å². The van der Waals surface area contributed by atoms with Gasteiger partial charge in [0.15, 0.2) is 11.5 Å². The van der Waals surface area contributed by atoms with Gasteiger partial charge in [-0.25, -0.2) is 0 Å². The fraction of sp³-hybridized carbons (Fsp3) is 0.400. The number of methoxy groups -OCH3 is 2. The molecule has 0 aliphatic heterocycles. The summed E-state index contributed by atoms with van der Waals surface area (Å²) in [4.78, 5) is 0. The molecule has 0 N–H and O–H groups in total. The molecule has 0 saturated carbocycles. The molecule has 1 rings (SSSR count). The van der Waals surface area contributed by atoms with Crippen LogP contribution in [0.1, 0.15) is 5.56 Å². The van der Waals surface area contributed by atoms with E-state index in [1.54, 1.807) is 0 Å². The normalized spacial score (nSPS) is 11.3. The van der Waals surface area contributed by atoms with Gasteiger partial charge < -0.3 is 9.47 Å². The number of rotatable bonds is 3. The van der Waals surface area contributed by atoms with Gasteiger partial charge in [-0.1, -0.05) is 6.07 Å². The number of halogens is 3. The van der Waals surface area contributed by atoms with Gasteiger partial charge in [-0.3, -0.25) is 0 Å². The fourth-order valence-corrected chi connectivity index (χ4v) is 1.22. The maximum Gasteiger partial charge on any atom is 0.393 e. The molecule has 0 atom stereocenters. The topological polar surface area (TPSA) is 18.5 Å². The lowest BCUT2D eigenvalue weighted by Gasteiger charge is -2.10. The van der Waals surface area contributed by atoms with E-state index in [0.29, 0.717) is 11.5 Å². The van der Waals surface area contributed by atoms with Gasteiger partial charge in [-0.2, -0.15) is 13.2 Å². The van der Waals surface area contributed by atoms with E-state index in [1.807, 2.05) is 0 Å². The standard InChI is InChI=1S/C10H11F3O2/c1-14-8-4-3-7(5-9(8)15-2)6-10(11,12)13/h3-5H,6H2,1-2H3. The predicted molar refractivity (Wildman–Crippen MR) is 49.3 cm³/mol. The second kappa shape index (κ2) is 4.42. The number of hydrogen-bond donors (Lipinski definition) is 0. The molecule has 0 aliphatic rings. The Kier molecular flexibility index (Phi) is 3.44. The van der Waals surface area contributed by atoms with Crippen LogP contribution < -0.4 is 9.47 Å². The third kappa shape index (κ3) is 3.34. The lowest BCUT2D eigenvalue weighted by molar-refractivity contribution is -0.127. The van der Waals surface area contributed by atoms with Crippen molar-refractivity contribution in [2.24, 2.45) is 0 Å². The molecule has 15 heavy (non-hydrogen) atoms. The van der Waals surface area contributed by atoms with Gasteiger partial charge in [0.25, 0.3) is 0 Å². The van der Waals surface area contributed by atoms with Gasteiger partial charge in [0.2, 0.25) is 0 Å². The molecule has 1 aromatic carbocycles. The molecule has 84 valence electrons. The summed E-state index contributed by atoms with van der Waals surface area (Å²) in [5, 5.41) is 0. The van der Waals surface area contributed by atoms with Crippen LogP contribution in [0.25, 0.3) is 0 Å². The van der Waals surface area contributed by atoms with Crippen LogP contribution in [0.3, 0.4) is 0 Å². The second-order valence-corrected chi connectivity index (χ2v) is 2.98. The average molecular weight is 220 g/mol. The summed E-state index contributed by atoms with van der Waals surface area (Å²) in [5.41, 5.74) is 0.153. The summed E-state index contributed by atoms with van der Waals surface area (Å²) < 4.78 is 46.1. The van der Waals surface area contributed by atoms with E-state index in [1.165, 1.54) is 32.4 Å². The number of hydrogen-bond acceptors (Lipinski definition) is 2. The highest BCUT2D eigenvalue weighted by Gasteiger charge is 2.27. The molecular formula is C10H11F3O2. The Morgan fingerprint density at radius 2 is 1.67 bits per heavy atom. The van der Waals surface area contributed by atoms with Crippen molar-refractivity contribution in [2.45, 2.75) is 12.6 Å². The Balaban J connectivity index is 2.93. The average Bonchev–Trinajstić information content (AvgIpc) is 2.15. The predicted octanol–water partition coefficient (Wildman–Crippen LogP) is 2.81. The zero-order valence-electron chi connectivity index (χ0n) is 8.39. The van der Waals surface area contributed by atoms with Crippen LogP contribution in [0.2, 0.25) is 0 Å². The molecule has 0 heterocycles. The lowest BCUT2D eigenvalue weighted by atomic mass is 10.1. The molecular weight excluding hydrogens is 209 g/mol. The van der Waals surface area contributed by atoms with E-state index in [0.717, 1.165) is 0 Å². The first kappa shape index (κ1) is 11.7. The molecule has 0 radical (unpaired) electrons. The molecule has 2 nitrogen and oxygen atoms in total. The first-order valence-corrected chi connectivity index (χ1v) is 4.24. The smallest absolute Gasteiger partial charge is 0.393 e. The van der Waals surface area contributed by atoms with Crippen molar-refractivity contribution in [3.63, 3.8) is 0 Å². The Morgan fingerprint density at radius 3 is 2.13 bits per heavy atom. The van der Waals surface area contributed by atoms with Gasteiger partial charge in [0.05, 0.1) is 20.6 Å². The van der Waals surface area contributed by atoms with Gasteiger partial charge in [-0.15, -0.1) is 0 Å². The van der Waals surface area contributed by atoms with Gasteiger partial charge in [0, 0.05) is 0 Å². The van der Waals surface area contributed by atoms with E-state index in [2.05, 4.69) is 0 Å². The highest BCUT2D eigenvalue weighted by molar-refractivity contribution is 5.43. The van der Waals surface area contributed by atoms with E-state index in [9.17, 15) is 13.2 Å². The van der Waals surface area contributed by atoms with Crippen molar-refractivity contribution in [1.29, 1.82) is 0 Å². The zero-order chi connectivity index (χ0) is 11.5. The molecule has 0 aromatic heterocycles. The molecule has 0 unspecified atom stereocenters. The molecule has 1 aromatic rings. The number of ether oxygens (including phenoxy) is 2. The Bertz CT molecular complexity index is 334. The van der Waals surface area contributed by atoms with Gasteiger partial charge in [0.1, 0.15) is 0 Å². The molecule has 0 saturated heterocycles. The van der Waals surface area contributed by atoms with E-state index < -0.39 is 12.6 Å². The third-order valence-corrected chi connectivity index (χ3v) is 1.85. The Labute approximate surface area is 85.6 Å². The summed E-state index contributed by atoms with van der Waals surface area (Å²) in [7, 11) is 2.82. The Hall–Kier alpha value is -1.39. The zero-order valence-corrected chi connectivity index (χ0v) is 8.39. The van der Waals surface area contributed by atoms with E-state index in [4.69, 9.17) is 9.47 Å². The highest BCUT2D eigenvalue weighted by atomic mass is 19.4. The van der Waals surface area contributed by atoms with Crippen LogP contribution in [0.4, 0.5) is 13.2 Å². The summed E-state index contributed by atoms with van der Waals surface area (Å²) in [6.07, 6.45) is -5.17. The van der Waals surface area contributed by atoms with Crippen LogP contribution in [-0.4, -0.2) is 20.4 Å². The van der Waals surface area contributed by atoms with Crippen LogP contribution in [0.15, 0.2) is 18.2 Å². The minimum atomic E-state index is -4.21.